The van der Waals surface area contributed by atoms with Gasteiger partial charge in [-0.25, -0.2) is 0 Å². The van der Waals surface area contributed by atoms with Gasteiger partial charge in [0, 0.05) is 5.92 Å². The number of hydrogen-bond acceptors (Lipinski definition) is 5. The fourth-order valence-electron chi connectivity index (χ4n) is 3.19. The van der Waals surface area contributed by atoms with E-state index in [9.17, 15) is 0 Å². The molecule has 1 aromatic heterocycles. The number of nitrogens with two attached hydrogens (primary N) is 1. The molecule has 3 unspecified atom stereocenters. The van der Waals surface area contributed by atoms with E-state index >= 15 is 0 Å². The van der Waals surface area contributed by atoms with Crippen LogP contribution in [0.15, 0.2) is 4.52 Å². The number of rotatable bonds is 5. The summed E-state index contributed by atoms with van der Waals surface area (Å²) in [6.07, 6.45) is 4.12. The van der Waals surface area contributed by atoms with Crippen LogP contribution in [0.4, 0.5) is 0 Å². The van der Waals surface area contributed by atoms with E-state index in [1.807, 2.05) is 20.8 Å². The van der Waals surface area contributed by atoms with Gasteiger partial charge in [0.15, 0.2) is 5.82 Å². The van der Waals surface area contributed by atoms with Crippen LogP contribution in [0.5, 0.6) is 0 Å². The van der Waals surface area contributed by atoms with Gasteiger partial charge in [-0.3, -0.25) is 0 Å². The molecule has 2 saturated carbocycles. The van der Waals surface area contributed by atoms with Crippen LogP contribution in [0.25, 0.3) is 0 Å². The van der Waals surface area contributed by atoms with Crippen molar-refractivity contribution in [3.05, 3.63) is 11.7 Å². The van der Waals surface area contributed by atoms with E-state index in [1.54, 1.807) is 0 Å². The fraction of sp³-hybridized carbons (Fsp3) is 0.857. The summed E-state index contributed by atoms with van der Waals surface area (Å²) < 4.78 is 11.0. The first-order valence-corrected chi connectivity index (χ1v) is 7.23. The van der Waals surface area contributed by atoms with Crippen LogP contribution in [0, 0.1) is 11.8 Å². The lowest BCUT2D eigenvalue weighted by Crippen LogP contribution is -2.40. The molecule has 0 amide bonds. The number of ether oxygens (including phenoxy) is 1. The standard InChI is InChI=1S/C14H23N3O2/c1-8(2)18-7-14(3,15)13-16-12(19-17-13)11-9-5-4-6-10(9)11/h8-11H,4-7,15H2,1-3H3. The average Bonchev–Trinajstić information content (AvgIpc) is 2.78. The van der Waals surface area contributed by atoms with E-state index in [4.69, 9.17) is 15.0 Å². The maximum absolute atomic E-state index is 6.23. The van der Waals surface area contributed by atoms with E-state index in [-0.39, 0.29) is 6.10 Å². The summed E-state index contributed by atoms with van der Waals surface area (Å²) in [5, 5.41) is 4.06. The third-order valence-corrected chi connectivity index (χ3v) is 4.36. The molecule has 0 aromatic carbocycles. The fourth-order valence-corrected chi connectivity index (χ4v) is 3.19. The molecule has 19 heavy (non-hydrogen) atoms. The predicted octanol–water partition coefficient (Wildman–Crippen LogP) is 2.18. The highest BCUT2D eigenvalue weighted by molar-refractivity contribution is 5.17. The van der Waals surface area contributed by atoms with Gasteiger partial charge in [0.2, 0.25) is 5.89 Å². The lowest BCUT2D eigenvalue weighted by molar-refractivity contribution is 0.0410. The summed E-state index contributed by atoms with van der Waals surface area (Å²) in [5.74, 6) is 3.41. The Balaban J connectivity index is 1.67. The summed E-state index contributed by atoms with van der Waals surface area (Å²) in [7, 11) is 0. The van der Waals surface area contributed by atoms with Gasteiger partial charge in [0.1, 0.15) is 5.54 Å². The third-order valence-electron chi connectivity index (χ3n) is 4.36. The highest BCUT2D eigenvalue weighted by atomic mass is 16.5. The number of nitrogens with zero attached hydrogens (tertiary/aromatic N) is 2. The van der Waals surface area contributed by atoms with Crippen LogP contribution in [-0.4, -0.2) is 22.9 Å². The van der Waals surface area contributed by atoms with Gasteiger partial charge in [-0.15, -0.1) is 0 Å². The van der Waals surface area contributed by atoms with Gasteiger partial charge in [-0.1, -0.05) is 11.6 Å². The smallest absolute Gasteiger partial charge is 0.230 e. The Morgan fingerprint density at radius 2 is 2.11 bits per heavy atom. The minimum Gasteiger partial charge on any atom is -0.376 e. The van der Waals surface area contributed by atoms with Gasteiger partial charge in [0.25, 0.3) is 0 Å². The van der Waals surface area contributed by atoms with Crippen molar-refractivity contribution in [3.8, 4) is 0 Å². The van der Waals surface area contributed by atoms with Crippen molar-refractivity contribution in [1.29, 1.82) is 0 Å². The van der Waals surface area contributed by atoms with Crippen LogP contribution < -0.4 is 5.73 Å². The van der Waals surface area contributed by atoms with Gasteiger partial charge in [0.05, 0.1) is 12.7 Å². The summed E-state index contributed by atoms with van der Waals surface area (Å²) in [6.45, 7) is 6.27. The SMILES string of the molecule is CC(C)OCC(C)(N)c1noc(C2C3CCCC32)n1. The lowest BCUT2D eigenvalue weighted by atomic mass is 10.1. The van der Waals surface area contributed by atoms with Crippen molar-refractivity contribution in [3.63, 3.8) is 0 Å². The normalized spacial score (nSPS) is 32.4. The van der Waals surface area contributed by atoms with Crippen LogP contribution in [0.1, 0.15) is 57.7 Å². The Morgan fingerprint density at radius 3 is 2.74 bits per heavy atom. The summed E-state index contributed by atoms with van der Waals surface area (Å²) >= 11 is 0. The van der Waals surface area contributed by atoms with Crippen LogP contribution in [-0.2, 0) is 10.3 Å². The van der Waals surface area contributed by atoms with E-state index in [0.29, 0.717) is 18.3 Å². The zero-order chi connectivity index (χ0) is 13.6. The molecule has 5 nitrogen and oxygen atoms in total. The van der Waals surface area contributed by atoms with Gasteiger partial charge in [-0.05, 0) is 45.4 Å². The first kappa shape index (κ1) is 13.1. The van der Waals surface area contributed by atoms with E-state index in [2.05, 4.69) is 10.1 Å². The highest BCUT2D eigenvalue weighted by Gasteiger charge is 2.56. The summed E-state index contributed by atoms with van der Waals surface area (Å²) in [4.78, 5) is 4.52. The van der Waals surface area contributed by atoms with Crippen LogP contribution in [0.2, 0.25) is 0 Å². The quantitative estimate of drug-likeness (QED) is 0.883. The van der Waals surface area contributed by atoms with E-state index in [0.717, 1.165) is 17.7 Å². The Morgan fingerprint density at radius 1 is 1.42 bits per heavy atom. The first-order chi connectivity index (χ1) is 8.99. The molecule has 0 bridgehead atoms. The molecule has 0 aliphatic heterocycles. The Kier molecular flexibility index (Phi) is 3.14. The Bertz CT molecular complexity index is 445. The molecule has 2 N–H and O–H groups in total. The maximum Gasteiger partial charge on any atom is 0.230 e. The number of hydrogen-bond donors (Lipinski definition) is 1. The molecular weight excluding hydrogens is 242 g/mol. The minimum atomic E-state index is -0.685. The van der Waals surface area contributed by atoms with Crippen molar-refractivity contribution in [2.75, 3.05) is 6.61 Å². The molecular formula is C14H23N3O2. The molecule has 2 aliphatic carbocycles. The van der Waals surface area contributed by atoms with Crippen molar-refractivity contribution < 1.29 is 9.26 Å². The molecule has 0 spiro atoms. The molecule has 2 aliphatic rings. The van der Waals surface area contributed by atoms with Crippen molar-refractivity contribution in [1.82, 2.24) is 10.1 Å². The molecule has 3 rings (SSSR count). The second-order valence-corrected chi connectivity index (χ2v) is 6.52. The third kappa shape index (κ3) is 2.41. The minimum absolute atomic E-state index is 0.150. The van der Waals surface area contributed by atoms with Gasteiger partial charge in [-0.2, -0.15) is 4.98 Å². The van der Waals surface area contributed by atoms with Crippen molar-refractivity contribution in [2.24, 2.45) is 17.6 Å². The average molecular weight is 265 g/mol. The lowest BCUT2D eigenvalue weighted by Gasteiger charge is -2.21. The Hall–Kier alpha value is -0.940. The Labute approximate surface area is 113 Å². The van der Waals surface area contributed by atoms with Gasteiger partial charge < -0.3 is 15.0 Å². The topological polar surface area (TPSA) is 74.2 Å². The molecule has 3 atom stereocenters. The van der Waals surface area contributed by atoms with Crippen LogP contribution in [0.3, 0.4) is 0 Å². The second-order valence-electron chi connectivity index (χ2n) is 6.52. The van der Waals surface area contributed by atoms with Crippen LogP contribution >= 0.6 is 0 Å². The maximum atomic E-state index is 6.23. The molecule has 106 valence electrons. The number of fused-ring (bicyclic) bond motifs is 1. The predicted molar refractivity (Wildman–Crippen MR) is 70.5 cm³/mol. The zero-order valence-corrected chi connectivity index (χ0v) is 11.9. The monoisotopic (exact) mass is 265 g/mol. The van der Waals surface area contributed by atoms with Crippen molar-refractivity contribution in [2.45, 2.75) is 57.6 Å². The molecule has 5 heteroatoms. The molecule has 1 heterocycles. The zero-order valence-electron chi connectivity index (χ0n) is 11.9. The first-order valence-electron chi connectivity index (χ1n) is 7.23. The summed E-state index contributed by atoms with van der Waals surface area (Å²) in [5.41, 5.74) is 5.54. The summed E-state index contributed by atoms with van der Waals surface area (Å²) in [6, 6.07) is 0. The molecule has 1 aromatic rings. The van der Waals surface area contributed by atoms with Crippen molar-refractivity contribution >= 4 is 0 Å². The highest BCUT2D eigenvalue weighted by Crippen LogP contribution is 2.62. The van der Waals surface area contributed by atoms with E-state index in [1.165, 1.54) is 19.3 Å². The molecule has 0 saturated heterocycles. The molecule has 2 fully saturated rings. The number of aromatic nitrogens is 2. The second kappa shape index (κ2) is 4.56. The molecule has 0 radical (unpaired) electrons. The van der Waals surface area contributed by atoms with Gasteiger partial charge >= 0.3 is 0 Å². The van der Waals surface area contributed by atoms with E-state index < -0.39 is 5.54 Å². The largest absolute Gasteiger partial charge is 0.376 e.